The van der Waals surface area contributed by atoms with Crippen LogP contribution >= 0.6 is 11.3 Å². The average molecular weight is 386 g/mol. The number of rotatable bonds is 5. The molecule has 6 nitrogen and oxygen atoms in total. The molecule has 1 aromatic heterocycles. The van der Waals surface area contributed by atoms with E-state index in [0.717, 1.165) is 35.8 Å². The third kappa shape index (κ3) is 4.86. The largest absolute Gasteiger partial charge is 0.350 e. The molecule has 2 heterocycles. The summed E-state index contributed by atoms with van der Waals surface area (Å²) in [6, 6.07) is 8.13. The summed E-state index contributed by atoms with van der Waals surface area (Å²) in [6.45, 7) is 5.84. The number of guanidine groups is 1. The van der Waals surface area contributed by atoms with Crippen molar-refractivity contribution in [2.24, 2.45) is 4.99 Å². The van der Waals surface area contributed by atoms with Crippen LogP contribution in [0.3, 0.4) is 0 Å². The second-order valence-electron chi connectivity index (χ2n) is 6.88. The van der Waals surface area contributed by atoms with Crippen LogP contribution in [0.25, 0.3) is 0 Å². The normalized spacial score (nSPS) is 14.2. The number of aryl methyl sites for hydroxylation is 1. The third-order valence-electron chi connectivity index (χ3n) is 4.61. The van der Waals surface area contributed by atoms with Crippen LogP contribution in [0.5, 0.6) is 0 Å². The first-order valence-corrected chi connectivity index (χ1v) is 10.2. The quantitative estimate of drug-likeness (QED) is 0.613. The number of nitrogens with one attached hydrogen (secondary N) is 2. The molecule has 1 aromatic carbocycles. The van der Waals surface area contributed by atoms with E-state index in [4.69, 9.17) is 0 Å². The first-order valence-electron chi connectivity index (χ1n) is 9.35. The van der Waals surface area contributed by atoms with E-state index in [2.05, 4.69) is 45.9 Å². The van der Waals surface area contributed by atoms with Gasteiger partial charge in [0.1, 0.15) is 5.01 Å². The Morgan fingerprint density at radius 1 is 1.33 bits per heavy atom. The van der Waals surface area contributed by atoms with Crippen molar-refractivity contribution in [2.75, 3.05) is 25.0 Å². The molecular formula is C20H27N5OS. The number of aliphatic imine (C=N–C) groups is 1. The number of thiazole rings is 1. The van der Waals surface area contributed by atoms with Crippen LogP contribution in [-0.2, 0) is 17.8 Å². The van der Waals surface area contributed by atoms with E-state index in [9.17, 15) is 4.79 Å². The number of hydrogen-bond donors (Lipinski definition) is 2. The summed E-state index contributed by atoms with van der Waals surface area (Å²) >= 11 is 1.64. The molecule has 3 rings (SSSR count). The Bertz CT molecular complexity index is 814. The molecule has 27 heavy (non-hydrogen) atoms. The van der Waals surface area contributed by atoms with Gasteiger partial charge in [0.2, 0.25) is 5.91 Å². The number of benzene rings is 1. The Hall–Kier alpha value is -2.41. The molecule has 0 aliphatic carbocycles. The van der Waals surface area contributed by atoms with Gasteiger partial charge in [-0.3, -0.25) is 9.79 Å². The lowest BCUT2D eigenvalue weighted by Gasteiger charge is -2.29. The van der Waals surface area contributed by atoms with Gasteiger partial charge in [-0.25, -0.2) is 4.98 Å². The van der Waals surface area contributed by atoms with E-state index in [1.807, 2.05) is 23.1 Å². The smallest absolute Gasteiger partial charge is 0.246 e. The third-order valence-corrected chi connectivity index (χ3v) is 5.48. The maximum absolute atomic E-state index is 12.7. The fraction of sp³-hybridized carbons (Fsp3) is 0.450. The van der Waals surface area contributed by atoms with Crippen molar-refractivity contribution in [3.8, 4) is 0 Å². The number of anilines is 1. The summed E-state index contributed by atoms with van der Waals surface area (Å²) in [5.41, 5.74) is 3.38. The summed E-state index contributed by atoms with van der Waals surface area (Å²) in [4.78, 5) is 23.4. The van der Waals surface area contributed by atoms with E-state index in [1.165, 1.54) is 5.56 Å². The highest BCUT2D eigenvalue weighted by atomic mass is 32.1. The molecular weight excluding hydrogens is 358 g/mol. The monoisotopic (exact) mass is 385 g/mol. The molecule has 2 N–H and O–H groups in total. The van der Waals surface area contributed by atoms with Gasteiger partial charge >= 0.3 is 0 Å². The molecule has 1 amide bonds. The highest BCUT2D eigenvalue weighted by Crippen LogP contribution is 2.26. The molecule has 1 aliphatic rings. The zero-order valence-corrected chi connectivity index (χ0v) is 17.0. The lowest BCUT2D eigenvalue weighted by atomic mass is 10.0. The summed E-state index contributed by atoms with van der Waals surface area (Å²) in [7, 11) is 1.71. The van der Waals surface area contributed by atoms with Gasteiger partial charge < -0.3 is 15.5 Å². The fourth-order valence-corrected chi connectivity index (χ4v) is 3.99. The number of carbonyl (C=O) groups is 1. The van der Waals surface area contributed by atoms with Gasteiger partial charge in [0.25, 0.3) is 0 Å². The predicted molar refractivity (Wildman–Crippen MR) is 112 cm³/mol. The van der Waals surface area contributed by atoms with Gasteiger partial charge in [0.05, 0.1) is 18.8 Å². The van der Waals surface area contributed by atoms with Gasteiger partial charge in [-0.1, -0.05) is 32.0 Å². The van der Waals surface area contributed by atoms with Crippen molar-refractivity contribution < 1.29 is 4.79 Å². The lowest BCUT2D eigenvalue weighted by molar-refractivity contribution is -0.117. The number of carbonyl (C=O) groups excluding carboxylic acids is 1. The number of hydrogen-bond acceptors (Lipinski definition) is 4. The number of fused-ring (bicyclic) bond motifs is 1. The Balaban J connectivity index is 1.53. The lowest BCUT2D eigenvalue weighted by Crippen LogP contribution is -2.45. The SMILES string of the molecule is CN=C(NCC(=O)N1CCCc2ccccc21)NCc1nc(C(C)C)cs1. The number of nitrogens with zero attached hydrogens (tertiary/aromatic N) is 3. The molecule has 0 fully saturated rings. The highest BCUT2D eigenvalue weighted by molar-refractivity contribution is 7.09. The Labute approximate surface area is 164 Å². The minimum Gasteiger partial charge on any atom is -0.350 e. The van der Waals surface area contributed by atoms with Gasteiger partial charge in [0.15, 0.2) is 5.96 Å². The molecule has 7 heteroatoms. The second kappa shape index (κ2) is 8.99. The van der Waals surface area contributed by atoms with Crippen molar-refractivity contribution in [2.45, 2.75) is 39.2 Å². The topological polar surface area (TPSA) is 69.6 Å². The van der Waals surface area contributed by atoms with E-state index in [-0.39, 0.29) is 12.5 Å². The van der Waals surface area contributed by atoms with Gasteiger partial charge in [-0.05, 0) is 30.4 Å². The standard InChI is InChI=1S/C20H27N5OS/c1-14(2)16-13-27-18(24-16)11-22-20(21-3)23-12-19(26)25-10-6-8-15-7-4-5-9-17(15)25/h4-5,7,9,13-14H,6,8,10-12H2,1-3H3,(H2,21,22,23). The van der Waals surface area contributed by atoms with E-state index < -0.39 is 0 Å². The summed E-state index contributed by atoms with van der Waals surface area (Å²) < 4.78 is 0. The molecule has 144 valence electrons. The zero-order chi connectivity index (χ0) is 19.2. The van der Waals surface area contributed by atoms with Crippen LogP contribution in [0.4, 0.5) is 5.69 Å². The molecule has 0 radical (unpaired) electrons. The van der Waals surface area contributed by atoms with Crippen LogP contribution < -0.4 is 15.5 Å². The van der Waals surface area contributed by atoms with Gasteiger partial charge in [-0.15, -0.1) is 11.3 Å². The number of aromatic nitrogens is 1. The first kappa shape index (κ1) is 19.4. The minimum absolute atomic E-state index is 0.0569. The van der Waals surface area contributed by atoms with Crippen LogP contribution in [0.15, 0.2) is 34.6 Å². The molecule has 0 saturated carbocycles. The van der Waals surface area contributed by atoms with Crippen molar-refractivity contribution in [1.82, 2.24) is 15.6 Å². The van der Waals surface area contributed by atoms with Crippen molar-refractivity contribution in [3.05, 3.63) is 45.9 Å². The summed E-state index contributed by atoms with van der Waals surface area (Å²) in [5.74, 6) is 1.09. The Morgan fingerprint density at radius 2 is 2.15 bits per heavy atom. The predicted octanol–water partition coefficient (Wildman–Crippen LogP) is 2.91. The van der Waals surface area contributed by atoms with Crippen molar-refractivity contribution in [3.63, 3.8) is 0 Å². The summed E-state index contributed by atoms with van der Waals surface area (Å²) in [6.07, 6.45) is 2.03. The van der Waals surface area contributed by atoms with Crippen molar-refractivity contribution in [1.29, 1.82) is 0 Å². The number of amides is 1. The van der Waals surface area contributed by atoms with Crippen LogP contribution in [-0.4, -0.2) is 37.0 Å². The Morgan fingerprint density at radius 3 is 2.89 bits per heavy atom. The maximum Gasteiger partial charge on any atom is 0.246 e. The van der Waals surface area contributed by atoms with Crippen LogP contribution in [0.1, 0.15) is 42.5 Å². The first-order chi connectivity index (χ1) is 13.1. The fourth-order valence-electron chi connectivity index (χ4n) is 3.10. The maximum atomic E-state index is 12.7. The Kier molecular flexibility index (Phi) is 6.45. The highest BCUT2D eigenvalue weighted by Gasteiger charge is 2.22. The number of para-hydroxylation sites is 1. The van der Waals surface area contributed by atoms with E-state index >= 15 is 0 Å². The zero-order valence-electron chi connectivity index (χ0n) is 16.2. The van der Waals surface area contributed by atoms with Crippen molar-refractivity contribution >= 4 is 28.9 Å². The van der Waals surface area contributed by atoms with E-state index in [1.54, 1.807) is 18.4 Å². The minimum atomic E-state index is 0.0569. The second-order valence-corrected chi connectivity index (χ2v) is 7.82. The average Bonchev–Trinajstić information content (AvgIpc) is 3.17. The van der Waals surface area contributed by atoms with Crippen LogP contribution in [0.2, 0.25) is 0 Å². The molecule has 0 atom stereocenters. The molecule has 0 bridgehead atoms. The van der Waals surface area contributed by atoms with Crippen LogP contribution in [0, 0.1) is 0 Å². The van der Waals surface area contributed by atoms with Gasteiger partial charge in [-0.2, -0.15) is 0 Å². The van der Waals surface area contributed by atoms with E-state index in [0.29, 0.717) is 18.4 Å². The molecule has 1 aliphatic heterocycles. The molecule has 0 spiro atoms. The molecule has 0 unspecified atom stereocenters. The molecule has 2 aromatic rings. The summed E-state index contributed by atoms with van der Waals surface area (Å²) in [5, 5.41) is 9.46. The molecule has 0 saturated heterocycles. The van der Waals surface area contributed by atoms with Gasteiger partial charge in [0, 0.05) is 24.7 Å².